The van der Waals surface area contributed by atoms with Crippen molar-refractivity contribution in [1.82, 2.24) is 0 Å². The first-order valence-corrected chi connectivity index (χ1v) is 6.96. The Morgan fingerprint density at radius 1 is 1.16 bits per heavy atom. The van der Waals surface area contributed by atoms with Crippen LogP contribution in [0.3, 0.4) is 0 Å². The third kappa shape index (κ3) is 11.7. The van der Waals surface area contributed by atoms with Gasteiger partial charge in [0.25, 0.3) is 0 Å². The SMILES string of the molecule is CCCCCCC(=O)OC(CC(=O)O)C[N+](C)(C)C. The van der Waals surface area contributed by atoms with Gasteiger partial charge in [-0.2, -0.15) is 0 Å². The lowest BCUT2D eigenvalue weighted by Crippen LogP contribution is -2.43. The van der Waals surface area contributed by atoms with E-state index >= 15 is 0 Å². The highest BCUT2D eigenvalue weighted by Gasteiger charge is 2.24. The molecule has 0 bridgehead atoms. The minimum Gasteiger partial charge on any atom is -0.481 e. The lowest BCUT2D eigenvalue weighted by atomic mass is 10.1. The van der Waals surface area contributed by atoms with Crippen LogP contribution in [0.25, 0.3) is 0 Å². The van der Waals surface area contributed by atoms with Crippen LogP contribution in [0.15, 0.2) is 0 Å². The van der Waals surface area contributed by atoms with E-state index in [1.54, 1.807) is 0 Å². The predicted octanol–water partition coefficient (Wildman–Crippen LogP) is 2.05. The molecule has 0 aromatic heterocycles. The summed E-state index contributed by atoms with van der Waals surface area (Å²) < 4.78 is 5.85. The van der Waals surface area contributed by atoms with Crippen molar-refractivity contribution in [2.45, 2.75) is 51.6 Å². The molecule has 0 saturated heterocycles. The Morgan fingerprint density at radius 2 is 1.79 bits per heavy atom. The molecule has 0 aliphatic heterocycles. The molecule has 0 spiro atoms. The summed E-state index contributed by atoms with van der Waals surface area (Å²) >= 11 is 0. The topological polar surface area (TPSA) is 63.6 Å². The van der Waals surface area contributed by atoms with Crippen molar-refractivity contribution in [3.05, 3.63) is 0 Å². The van der Waals surface area contributed by atoms with Crippen molar-refractivity contribution in [2.75, 3.05) is 27.7 Å². The van der Waals surface area contributed by atoms with E-state index in [1.807, 2.05) is 21.1 Å². The number of ether oxygens (including phenoxy) is 1. The number of nitrogens with zero attached hydrogens (tertiary/aromatic N) is 1. The Hall–Kier alpha value is -1.10. The number of unbranched alkanes of at least 4 members (excludes halogenated alkanes) is 3. The van der Waals surface area contributed by atoms with Crippen molar-refractivity contribution in [3.8, 4) is 0 Å². The van der Waals surface area contributed by atoms with Gasteiger partial charge < -0.3 is 14.3 Å². The van der Waals surface area contributed by atoms with Crippen LogP contribution in [-0.4, -0.2) is 55.3 Å². The molecule has 1 unspecified atom stereocenters. The molecule has 0 aliphatic rings. The molecule has 0 aromatic rings. The highest BCUT2D eigenvalue weighted by molar-refractivity contribution is 5.71. The molecular formula is C14H28NO4+. The quantitative estimate of drug-likeness (QED) is 0.376. The summed E-state index contributed by atoms with van der Waals surface area (Å²) in [6.07, 6.45) is 3.78. The Balaban J connectivity index is 4.15. The van der Waals surface area contributed by atoms with Crippen LogP contribution in [0, 0.1) is 0 Å². The van der Waals surface area contributed by atoms with E-state index < -0.39 is 12.1 Å². The maximum atomic E-state index is 11.7. The van der Waals surface area contributed by atoms with Crippen LogP contribution >= 0.6 is 0 Å². The summed E-state index contributed by atoms with van der Waals surface area (Å²) in [6, 6.07) is 0. The van der Waals surface area contributed by atoms with Gasteiger partial charge in [0.05, 0.1) is 27.6 Å². The zero-order valence-electron chi connectivity index (χ0n) is 12.6. The lowest BCUT2D eigenvalue weighted by molar-refractivity contribution is -0.873. The van der Waals surface area contributed by atoms with Gasteiger partial charge in [-0.15, -0.1) is 0 Å². The first kappa shape index (κ1) is 17.9. The number of aliphatic carboxylic acids is 1. The van der Waals surface area contributed by atoms with Crippen LogP contribution in [0.4, 0.5) is 0 Å². The van der Waals surface area contributed by atoms with Crippen LogP contribution in [0.2, 0.25) is 0 Å². The zero-order valence-corrected chi connectivity index (χ0v) is 12.6. The number of rotatable bonds is 10. The summed E-state index contributed by atoms with van der Waals surface area (Å²) in [6.45, 7) is 2.62. The highest BCUT2D eigenvalue weighted by atomic mass is 16.5. The standard InChI is InChI=1S/C14H27NO4/c1-5-6-7-8-9-14(18)19-12(10-13(16)17)11-15(2,3)4/h12H,5-11H2,1-4H3/p+1. The summed E-state index contributed by atoms with van der Waals surface area (Å²) in [7, 11) is 5.85. The van der Waals surface area contributed by atoms with E-state index in [9.17, 15) is 9.59 Å². The van der Waals surface area contributed by atoms with Gasteiger partial charge in [0.1, 0.15) is 6.54 Å². The molecule has 0 radical (unpaired) electrons. The second kappa shape index (κ2) is 8.91. The Kier molecular flexibility index (Phi) is 8.39. The van der Waals surface area contributed by atoms with Crippen molar-refractivity contribution in [3.63, 3.8) is 0 Å². The molecule has 5 nitrogen and oxygen atoms in total. The molecule has 5 heteroatoms. The summed E-state index contributed by atoms with van der Waals surface area (Å²) in [5.74, 6) is -1.21. The van der Waals surface area contributed by atoms with Gasteiger partial charge in [-0.05, 0) is 6.42 Å². The van der Waals surface area contributed by atoms with Gasteiger partial charge in [-0.1, -0.05) is 26.2 Å². The van der Waals surface area contributed by atoms with E-state index in [-0.39, 0.29) is 12.4 Å². The second-order valence-electron chi connectivity index (χ2n) is 5.99. The largest absolute Gasteiger partial charge is 0.481 e. The number of esters is 1. The summed E-state index contributed by atoms with van der Waals surface area (Å²) in [4.78, 5) is 22.4. The van der Waals surface area contributed by atoms with Gasteiger partial charge >= 0.3 is 11.9 Å². The number of hydrogen-bond acceptors (Lipinski definition) is 3. The van der Waals surface area contributed by atoms with Gasteiger partial charge in [0.2, 0.25) is 0 Å². The van der Waals surface area contributed by atoms with Gasteiger partial charge in [0.15, 0.2) is 6.10 Å². The molecule has 0 amide bonds. The normalized spacial score (nSPS) is 13.1. The Labute approximate surface area is 116 Å². The molecule has 0 heterocycles. The van der Waals surface area contributed by atoms with E-state index in [2.05, 4.69) is 6.92 Å². The molecule has 0 fully saturated rings. The lowest BCUT2D eigenvalue weighted by Gasteiger charge is -2.28. The number of likely N-dealkylation sites (N-methyl/N-ethyl adjacent to an activating group) is 1. The van der Waals surface area contributed by atoms with Gasteiger partial charge in [-0.3, -0.25) is 9.59 Å². The van der Waals surface area contributed by atoms with E-state index in [0.29, 0.717) is 17.4 Å². The summed E-state index contributed by atoms with van der Waals surface area (Å²) in [5.41, 5.74) is 0. The fourth-order valence-electron chi connectivity index (χ4n) is 1.89. The van der Waals surface area contributed by atoms with Crippen LogP contribution in [0.1, 0.15) is 45.4 Å². The Bertz CT molecular complexity index is 284. The monoisotopic (exact) mass is 274 g/mol. The maximum absolute atomic E-state index is 11.7. The molecule has 19 heavy (non-hydrogen) atoms. The summed E-state index contributed by atoms with van der Waals surface area (Å²) in [5, 5.41) is 8.84. The van der Waals surface area contributed by atoms with Crippen LogP contribution < -0.4 is 0 Å². The molecular weight excluding hydrogens is 246 g/mol. The number of hydrogen-bond donors (Lipinski definition) is 1. The van der Waals surface area contributed by atoms with E-state index in [1.165, 1.54) is 0 Å². The van der Waals surface area contributed by atoms with Crippen molar-refractivity contribution in [2.24, 2.45) is 0 Å². The number of carbonyl (C=O) groups is 2. The fourth-order valence-corrected chi connectivity index (χ4v) is 1.89. The second-order valence-corrected chi connectivity index (χ2v) is 5.99. The van der Waals surface area contributed by atoms with E-state index in [4.69, 9.17) is 9.84 Å². The molecule has 0 rings (SSSR count). The molecule has 0 aliphatic carbocycles. The molecule has 1 N–H and O–H groups in total. The van der Waals surface area contributed by atoms with Crippen LogP contribution in [0.5, 0.6) is 0 Å². The minimum atomic E-state index is -0.933. The third-order valence-corrected chi connectivity index (χ3v) is 2.69. The average Bonchev–Trinajstić information content (AvgIpc) is 2.20. The van der Waals surface area contributed by atoms with Crippen molar-refractivity contribution >= 4 is 11.9 Å². The molecule has 0 aromatic carbocycles. The highest BCUT2D eigenvalue weighted by Crippen LogP contribution is 2.09. The van der Waals surface area contributed by atoms with Gasteiger partial charge in [0, 0.05) is 6.42 Å². The van der Waals surface area contributed by atoms with Crippen molar-refractivity contribution in [1.29, 1.82) is 0 Å². The first-order chi connectivity index (χ1) is 8.74. The molecule has 1 atom stereocenters. The third-order valence-electron chi connectivity index (χ3n) is 2.69. The smallest absolute Gasteiger partial charge is 0.307 e. The van der Waals surface area contributed by atoms with Gasteiger partial charge in [-0.25, -0.2) is 0 Å². The molecule has 0 saturated carbocycles. The number of carboxylic acids is 1. The minimum absolute atomic E-state index is 0.129. The molecule has 112 valence electrons. The predicted molar refractivity (Wildman–Crippen MR) is 73.8 cm³/mol. The zero-order chi connectivity index (χ0) is 14.9. The van der Waals surface area contributed by atoms with Crippen molar-refractivity contribution < 1.29 is 23.9 Å². The number of carbonyl (C=O) groups excluding carboxylic acids is 1. The fraction of sp³-hybridized carbons (Fsp3) is 0.857. The number of quaternary nitrogens is 1. The maximum Gasteiger partial charge on any atom is 0.307 e. The van der Waals surface area contributed by atoms with E-state index in [0.717, 1.165) is 25.7 Å². The van der Waals surface area contributed by atoms with Crippen LogP contribution in [-0.2, 0) is 14.3 Å². The Morgan fingerprint density at radius 3 is 2.26 bits per heavy atom. The first-order valence-electron chi connectivity index (χ1n) is 6.96. The average molecular weight is 274 g/mol. The number of carboxylic acid groups (broad SMARTS) is 1.